The number of amides is 2. The number of benzene rings is 2. The van der Waals surface area contributed by atoms with Crippen LogP contribution >= 0.6 is 27.7 Å². The smallest absolute Gasteiger partial charge is 0.257 e. The van der Waals surface area contributed by atoms with E-state index in [4.69, 9.17) is 0 Å². The maximum absolute atomic E-state index is 12.6. The number of aromatic nitrogens is 1. The van der Waals surface area contributed by atoms with E-state index in [0.29, 0.717) is 11.4 Å². The van der Waals surface area contributed by atoms with E-state index in [1.807, 2.05) is 43.3 Å². The number of hydrogen-bond donors (Lipinski definition) is 2. The Balaban J connectivity index is 1.63. The van der Waals surface area contributed by atoms with Crippen molar-refractivity contribution in [2.24, 2.45) is 0 Å². The van der Waals surface area contributed by atoms with Gasteiger partial charge in [0.05, 0.1) is 11.3 Å². The molecule has 7 heteroatoms. The first-order chi connectivity index (χ1) is 13.5. The Bertz CT molecular complexity index is 976. The molecule has 0 radical (unpaired) electrons. The van der Waals surface area contributed by atoms with E-state index in [2.05, 4.69) is 31.5 Å². The molecule has 2 aromatic carbocycles. The van der Waals surface area contributed by atoms with Crippen molar-refractivity contribution in [2.45, 2.75) is 11.8 Å². The van der Waals surface area contributed by atoms with Crippen LogP contribution in [0.4, 0.5) is 11.5 Å². The van der Waals surface area contributed by atoms with Gasteiger partial charge in [-0.2, -0.15) is 0 Å². The molecule has 3 rings (SSSR count). The number of rotatable bonds is 6. The van der Waals surface area contributed by atoms with Crippen LogP contribution in [-0.4, -0.2) is 22.6 Å². The lowest BCUT2D eigenvalue weighted by atomic mass is 10.2. The van der Waals surface area contributed by atoms with E-state index in [0.717, 1.165) is 20.6 Å². The number of carbonyl (C=O) groups excluding carboxylic acids is 2. The summed E-state index contributed by atoms with van der Waals surface area (Å²) in [5, 5.41) is 5.63. The molecule has 0 bridgehead atoms. The summed E-state index contributed by atoms with van der Waals surface area (Å²) in [6.07, 6.45) is 1.62. The summed E-state index contributed by atoms with van der Waals surface area (Å²) in [6, 6.07) is 18.3. The van der Waals surface area contributed by atoms with Crippen LogP contribution in [0.5, 0.6) is 0 Å². The van der Waals surface area contributed by atoms with Gasteiger partial charge in [-0.1, -0.05) is 29.8 Å². The zero-order chi connectivity index (χ0) is 19.9. The van der Waals surface area contributed by atoms with Crippen LogP contribution in [0.3, 0.4) is 0 Å². The van der Waals surface area contributed by atoms with Crippen molar-refractivity contribution < 1.29 is 9.59 Å². The number of halogens is 1. The number of pyridine rings is 1. The normalized spacial score (nSPS) is 10.4. The van der Waals surface area contributed by atoms with Gasteiger partial charge in [-0.15, -0.1) is 11.8 Å². The fraction of sp³-hybridized carbons (Fsp3) is 0.0952. The molecular formula is C21H18BrN3O2S. The van der Waals surface area contributed by atoms with Crippen molar-refractivity contribution in [1.82, 2.24) is 4.98 Å². The zero-order valence-corrected chi connectivity index (χ0v) is 17.5. The van der Waals surface area contributed by atoms with Crippen LogP contribution in [0.25, 0.3) is 0 Å². The molecule has 5 nitrogen and oxygen atoms in total. The van der Waals surface area contributed by atoms with Gasteiger partial charge in [0.15, 0.2) is 0 Å². The molecule has 142 valence electrons. The monoisotopic (exact) mass is 455 g/mol. The average molecular weight is 456 g/mol. The van der Waals surface area contributed by atoms with Crippen molar-refractivity contribution in [1.29, 1.82) is 0 Å². The molecule has 0 aliphatic rings. The van der Waals surface area contributed by atoms with Crippen LogP contribution in [0.1, 0.15) is 15.9 Å². The SMILES string of the molecule is Cc1ccc(NC(=O)CSc2ccccc2C(=O)Nc2ccc(Br)cn2)cc1. The number of hydrogen-bond acceptors (Lipinski definition) is 4. The van der Waals surface area contributed by atoms with Gasteiger partial charge in [-0.3, -0.25) is 9.59 Å². The first kappa shape index (κ1) is 20.1. The Labute approximate surface area is 176 Å². The van der Waals surface area contributed by atoms with E-state index >= 15 is 0 Å². The van der Waals surface area contributed by atoms with E-state index in [1.165, 1.54) is 11.8 Å². The van der Waals surface area contributed by atoms with Gasteiger partial charge in [0.2, 0.25) is 5.91 Å². The minimum absolute atomic E-state index is 0.126. The minimum atomic E-state index is -0.267. The maximum atomic E-state index is 12.6. The first-order valence-corrected chi connectivity index (χ1v) is 10.3. The van der Waals surface area contributed by atoms with Gasteiger partial charge in [-0.05, 0) is 59.3 Å². The molecule has 1 heterocycles. The minimum Gasteiger partial charge on any atom is -0.325 e. The van der Waals surface area contributed by atoms with Crippen molar-refractivity contribution in [2.75, 3.05) is 16.4 Å². The van der Waals surface area contributed by atoms with E-state index < -0.39 is 0 Å². The molecule has 0 saturated carbocycles. The quantitative estimate of drug-likeness (QED) is 0.505. The molecule has 0 aliphatic heterocycles. The van der Waals surface area contributed by atoms with E-state index in [9.17, 15) is 9.59 Å². The number of nitrogens with zero attached hydrogens (tertiary/aromatic N) is 1. The maximum Gasteiger partial charge on any atom is 0.257 e. The second-order valence-electron chi connectivity index (χ2n) is 6.01. The lowest BCUT2D eigenvalue weighted by Gasteiger charge is -2.10. The van der Waals surface area contributed by atoms with Crippen LogP contribution < -0.4 is 10.6 Å². The fourth-order valence-electron chi connectivity index (χ4n) is 2.39. The Morgan fingerprint density at radius 2 is 1.75 bits per heavy atom. The second-order valence-corrected chi connectivity index (χ2v) is 7.95. The lowest BCUT2D eigenvalue weighted by Crippen LogP contribution is -2.16. The number of anilines is 2. The Morgan fingerprint density at radius 1 is 1.00 bits per heavy atom. The van der Waals surface area contributed by atoms with Gasteiger partial charge in [-0.25, -0.2) is 4.98 Å². The lowest BCUT2D eigenvalue weighted by molar-refractivity contribution is -0.113. The average Bonchev–Trinajstić information content (AvgIpc) is 2.70. The highest BCUT2D eigenvalue weighted by atomic mass is 79.9. The van der Waals surface area contributed by atoms with Crippen LogP contribution in [-0.2, 0) is 4.79 Å². The highest BCUT2D eigenvalue weighted by molar-refractivity contribution is 9.10. The molecule has 0 saturated heterocycles. The Morgan fingerprint density at radius 3 is 2.46 bits per heavy atom. The molecule has 0 fully saturated rings. The molecule has 3 aromatic rings. The molecular weight excluding hydrogens is 438 g/mol. The van der Waals surface area contributed by atoms with Crippen molar-refractivity contribution >= 4 is 51.0 Å². The Hall–Kier alpha value is -2.64. The van der Waals surface area contributed by atoms with Gasteiger partial charge < -0.3 is 10.6 Å². The summed E-state index contributed by atoms with van der Waals surface area (Å²) in [7, 11) is 0. The molecule has 2 N–H and O–H groups in total. The van der Waals surface area contributed by atoms with Crippen LogP contribution in [0.2, 0.25) is 0 Å². The van der Waals surface area contributed by atoms with Gasteiger partial charge in [0.1, 0.15) is 5.82 Å². The third-order valence-corrected chi connectivity index (χ3v) is 5.34. The first-order valence-electron chi connectivity index (χ1n) is 8.52. The number of aryl methyl sites for hydroxylation is 1. The standard InChI is InChI=1S/C21H18BrN3O2S/c1-14-6-9-16(10-7-14)24-20(26)13-28-18-5-3-2-4-17(18)21(27)25-19-11-8-15(22)12-23-19/h2-12H,13H2,1H3,(H,24,26)(H,23,25,27). The third kappa shape index (κ3) is 5.68. The largest absolute Gasteiger partial charge is 0.325 e. The number of nitrogens with one attached hydrogen (secondary N) is 2. The topological polar surface area (TPSA) is 71.1 Å². The number of carbonyl (C=O) groups is 2. The van der Waals surface area contributed by atoms with E-state index in [1.54, 1.807) is 30.5 Å². The molecule has 1 aromatic heterocycles. The molecule has 0 spiro atoms. The summed E-state index contributed by atoms with van der Waals surface area (Å²) >= 11 is 4.63. The summed E-state index contributed by atoms with van der Waals surface area (Å²) in [6.45, 7) is 1.99. The third-order valence-electron chi connectivity index (χ3n) is 3.79. The fourth-order valence-corrected chi connectivity index (χ4v) is 3.48. The molecule has 2 amide bonds. The summed E-state index contributed by atoms with van der Waals surface area (Å²) in [5.74, 6) is 0.273. The molecule has 0 atom stereocenters. The second kappa shape index (κ2) is 9.52. The van der Waals surface area contributed by atoms with Gasteiger partial charge in [0, 0.05) is 21.3 Å². The van der Waals surface area contributed by atoms with Crippen LogP contribution in [0.15, 0.2) is 76.2 Å². The molecule has 0 aliphatic carbocycles. The van der Waals surface area contributed by atoms with Crippen LogP contribution in [0, 0.1) is 6.92 Å². The molecule has 28 heavy (non-hydrogen) atoms. The summed E-state index contributed by atoms with van der Waals surface area (Å²) in [5.41, 5.74) is 2.39. The Kier molecular flexibility index (Phi) is 6.84. The predicted molar refractivity (Wildman–Crippen MR) is 117 cm³/mol. The predicted octanol–water partition coefficient (Wildman–Crippen LogP) is 5.14. The highest BCUT2D eigenvalue weighted by Gasteiger charge is 2.13. The summed E-state index contributed by atoms with van der Waals surface area (Å²) in [4.78, 5) is 29.7. The van der Waals surface area contributed by atoms with Crippen molar-refractivity contribution in [3.8, 4) is 0 Å². The van der Waals surface area contributed by atoms with Gasteiger partial charge in [0.25, 0.3) is 5.91 Å². The van der Waals surface area contributed by atoms with Gasteiger partial charge >= 0.3 is 0 Å². The van der Waals surface area contributed by atoms with Crippen molar-refractivity contribution in [3.05, 3.63) is 82.5 Å². The zero-order valence-electron chi connectivity index (χ0n) is 15.1. The highest BCUT2D eigenvalue weighted by Crippen LogP contribution is 2.24. The molecule has 0 unspecified atom stereocenters. The van der Waals surface area contributed by atoms with Crippen molar-refractivity contribution in [3.63, 3.8) is 0 Å². The number of thioether (sulfide) groups is 1. The van der Waals surface area contributed by atoms with E-state index in [-0.39, 0.29) is 17.6 Å². The summed E-state index contributed by atoms with van der Waals surface area (Å²) < 4.78 is 0.834.